The van der Waals surface area contributed by atoms with Crippen LogP contribution in [0.1, 0.15) is 12.5 Å². The number of carbonyl (C=O) groups is 1. The lowest BCUT2D eigenvalue weighted by atomic mass is 9.92. The third-order valence-electron chi connectivity index (χ3n) is 2.32. The molecule has 1 aromatic carbocycles. The van der Waals surface area contributed by atoms with Gasteiger partial charge in [-0.3, -0.25) is 4.79 Å². The predicted octanol–water partition coefficient (Wildman–Crippen LogP) is 2.01. The van der Waals surface area contributed by atoms with E-state index in [1.165, 1.54) is 12.3 Å². The molecule has 0 aromatic heterocycles. The lowest BCUT2D eigenvalue weighted by molar-refractivity contribution is -0.128. The minimum atomic E-state index is -0.804. The first kappa shape index (κ1) is 8.05. The maximum Gasteiger partial charge on any atom is 0.206 e. The second kappa shape index (κ2) is 2.73. The monoisotopic (exact) mass is 174 g/mol. The van der Waals surface area contributed by atoms with E-state index in [1.54, 1.807) is 6.92 Å². The van der Waals surface area contributed by atoms with Crippen molar-refractivity contribution < 1.29 is 9.53 Å². The fourth-order valence-corrected chi connectivity index (χ4v) is 1.42. The van der Waals surface area contributed by atoms with Gasteiger partial charge in [0.15, 0.2) is 5.60 Å². The number of rotatable bonds is 1. The van der Waals surface area contributed by atoms with Crippen LogP contribution in [0.2, 0.25) is 0 Å². The summed E-state index contributed by atoms with van der Waals surface area (Å²) in [5.41, 5.74) is 0.0892. The Morgan fingerprint density at radius 2 is 1.92 bits per heavy atom. The Morgan fingerprint density at radius 3 is 2.46 bits per heavy atom. The predicted molar refractivity (Wildman–Crippen MR) is 49.0 cm³/mol. The highest BCUT2D eigenvalue weighted by Crippen LogP contribution is 2.30. The standard InChI is InChI=1S/C11H10O2/c1-11(10(12)7-8-13-11)9-5-3-2-4-6-9/h2-8H,1H3/t11-/m1/s1. The van der Waals surface area contributed by atoms with E-state index in [4.69, 9.17) is 4.74 Å². The first-order valence-electron chi connectivity index (χ1n) is 4.18. The molecule has 0 spiro atoms. The van der Waals surface area contributed by atoms with Crippen molar-refractivity contribution in [1.29, 1.82) is 0 Å². The van der Waals surface area contributed by atoms with E-state index in [-0.39, 0.29) is 5.78 Å². The van der Waals surface area contributed by atoms with E-state index in [0.717, 1.165) is 5.56 Å². The van der Waals surface area contributed by atoms with Crippen LogP contribution in [0.4, 0.5) is 0 Å². The molecule has 1 heterocycles. The van der Waals surface area contributed by atoms with Gasteiger partial charge >= 0.3 is 0 Å². The van der Waals surface area contributed by atoms with Crippen molar-refractivity contribution in [2.24, 2.45) is 0 Å². The highest BCUT2D eigenvalue weighted by atomic mass is 16.5. The largest absolute Gasteiger partial charge is 0.482 e. The molecule has 2 rings (SSSR count). The lowest BCUT2D eigenvalue weighted by Crippen LogP contribution is -2.28. The van der Waals surface area contributed by atoms with Crippen LogP contribution in [0.3, 0.4) is 0 Å². The van der Waals surface area contributed by atoms with Gasteiger partial charge in [-0.05, 0) is 6.92 Å². The summed E-state index contributed by atoms with van der Waals surface area (Å²) >= 11 is 0. The second-order valence-corrected chi connectivity index (χ2v) is 3.18. The minimum Gasteiger partial charge on any atom is -0.482 e. The van der Waals surface area contributed by atoms with E-state index < -0.39 is 5.60 Å². The molecule has 0 radical (unpaired) electrons. The minimum absolute atomic E-state index is 0.00120. The zero-order valence-electron chi connectivity index (χ0n) is 7.36. The molecule has 0 fully saturated rings. The third kappa shape index (κ3) is 1.15. The van der Waals surface area contributed by atoms with Gasteiger partial charge in [-0.1, -0.05) is 30.3 Å². The molecule has 0 saturated heterocycles. The molecule has 0 unspecified atom stereocenters. The summed E-state index contributed by atoms with van der Waals surface area (Å²) in [6.45, 7) is 1.78. The lowest BCUT2D eigenvalue weighted by Gasteiger charge is -2.22. The summed E-state index contributed by atoms with van der Waals surface area (Å²) in [5.74, 6) is -0.00120. The van der Waals surface area contributed by atoms with Crippen molar-refractivity contribution in [1.82, 2.24) is 0 Å². The van der Waals surface area contributed by atoms with Crippen molar-refractivity contribution in [2.75, 3.05) is 0 Å². The molecule has 0 amide bonds. The Labute approximate surface area is 76.8 Å². The summed E-state index contributed by atoms with van der Waals surface area (Å²) < 4.78 is 5.31. The maximum absolute atomic E-state index is 11.5. The fraction of sp³-hybridized carbons (Fsp3) is 0.182. The molecular formula is C11H10O2. The van der Waals surface area contributed by atoms with Gasteiger partial charge in [0.05, 0.1) is 6.26 Å². The molecule has 0 aliphatic carbocycles. The van der Waals surface area contributed by atoms with Gasteiger partial charge in [0, 0.05) is 11.6 Å². The van der Waals surface area contributed by atoms with Crippen LogP contribution in [0.5, 0.6) is 0 Å². The van der Waals surface area contributed by atoms with Gasteiger partial charge in [-0.15, -0.1) is 0 Å². The number of benzene rings is 1. The van der Waals surface area contributed by atoms with Crippen molar-refractivity contribution in [3.05, 3.63) is 48.2 Å². The molecule has 13 heavy (non-hydrogen) atoms. The summed E-state index contributed by atoms with van der Waals surface area (Å²) in [6.07, 6.45) is 2.92. The van der Waals surface area contributed by atoms with Crippen LogP contribution in [-0.2, 0) is 15.1 Å². The van der Waals surface area contributed by atoms with E-state index in [0.29, 0.717) is 0 Å². The van der Waals surface area contributed by atoms with Crippen molar-refractivity contribution in [2.45, 2.75) is 12.5 Å². The van der Waals surface area contributed by atoms with Gasteiger partial charge in [0.2, 0.25) is 5.78 Å². The van der Waals surface area contributed by atoms with Gasteiger partial charge < -0.3 is 4.74 Å². The van der Waals surface area contributed by atoms with Gasteiger partial charge in [0.1, 0.15) is 0 Å². The maximum atomic E-state index is 11.5. The summed E-state index contributed by atoms with van der Waals surface area (Å²) in [5, 5.41) is 0. The Bertz CT molecular complexity index is 354. The normalized spacial score (nSPS) is 26.1. The topological polar surface area (TPSA) is 26.3 Å². The van der Waals surface area contributed by atoms with Crippen LogP contribution >= 0.6 is 0 Å². The molecule has 1 aliphatic rings. The van der Waals surface area contributed by atoms with E-state index in [1.807, 2.05) is 30.3 Å². The number of ketones is 1. The second-order valence-electron chi connectivity index (χ2n) is 3.18. The summed E-state index contributed by atoms with van der Waals surface area (Å²) in [7, 11) is 0. The van der Waals surface area contributed by atoms with E-state index >= 15 is 0 Å². The van der Waals surface area contributed by atoms with Gasteiger partial charge in [-0.2, -0.15) is 0 Å². The molecule has 1 aliphatic heterocycles. The summed E-state index contributed by atoms with van der Waals surface area (Å²) in [4.78, 5) is 11.5. The first-order chi connectivity index (χ1) is 6.23. The molecule has 0 N–H and O–H groups in total. The van der Waals surface area contributed by atoms with Crippen LogP contribution < -0.4 is 0 Å². The Hall–Kier alpha value is -1.57. The van der Waals surface area contributed by atoms with Crippen molar-refractivity contribution in [3.63, 3.8) is 0 Å². The first-order valence-corrected chi connectivity index (χ1v) is 4.18. The molecule has 1 atom stereocenters. The van der Waals surface area contributed by atoms with Gasteiger partial charge in [-0.25, -0.2) is 0 Å². The van der Waals surface area contributed by atoms with Crippen molar-refractivity contribution >= 4 is 5.78 Å². The quantitative estimate of drug-likeness (QED) is 0.651. The molecule has 0 saturated carbocycles. The Balaban J connectivity index is 2.42. The molecule has 2 nitrogen and oxygen atoms in total. The third-order valence-corrected chi connectivity index (χ3v) is 2.32. The zero-order valence-corrected chi connectivity index (χ0v) is 7.36. The Kier molecular flexibility index (Phi) is 1.69. The summed E-state index contributed by atoms with van der Waals surface area (Å²) in [6, 6.07) is 9.50. The number of carbonyl (C=O) groups excluding carboxylic acids is 1. The number of hydrogen-bond donors (Lipinski definition) is 0. The van der Waals surface area contributed by atoms with Crippen LogP contribution in [0.25, 0.3) is 0 Å². The van der Waals surface area contributed by atoms with Crippen LogP contribution in [0, 0.1) is 0 Å². The fourth-order valence-electron chi connectivity index (χ4n) is 1.42. The molecular weight excluding hydrogens is 164 g/mol. The Morgan fingerprint density at radius 1 is 1.23 bits per heavy atom. The number of hydrogen-bond acceptors (Lipinski definition) is 2. The average molecular weight is 174 g/mol. The van der Waals surface area contributed by atoms with Gasteiger partial charge in [0.25, 0.3) is 0 Å². The highest BCUT2D eigenvalue weighted by molar-refractivity contribution is 5.98. The van der Waals surface area contributed by atoms with E-state index in [9.17, 15) is 4.79 Å². The highest BCUT2D eigenvalue weighted by Gasteiger charge is 2.37. The molecule has 66 valence electrons. The molecule has 1 aromatic rings. The van der Waals surface area contributed by atoms with E-state index in [2.05, 4.69) is 0 Å². The smallest absolute Gasteiger partial charge is 0.206 e. The molecule has 2 heteroatoms. The zero-order chi connectivity index (χ0) is 9.31. The van der Waals surface area contributed by atoms with Crippen LogP contribution in [0.15, 0.2) is 42.7 Å². The SMILES string of the molecule is C[C@]1(c2ccccc2)OC=CC1=O. The van der Waals surface area contributed by atoms with Crippen LogP contribution in [-0.4, -0.2) is 5.78 Å². The average Bonchev–Trinajstić information content (AvgIpc) is 2.50. The molecule has 0 bridgehead atoms. The van der Waals surface area contributed by atoms with Crippen molar-refractivity contribution in [3.8, 4) is 0 Å². The number of ether oxygens (including phenoxy) is 1.